The molecule has 0 saturated carbocycles. The van der Waals surface area contributed by atoms with Gasteiger partial charge >= 0.3 is 0 Å². The van der Waals surface area contributed by atoms with Gasteiger partial charge in [0.2, 0.25) is 10.0 Å². The summed E-state index contributed by atoms with van der Waals surface area (Å²) in [5.41, 5.74) is 5.95. The molecule has 0 heterocycles. The minimum absolute atomic E-state index is 0.00927. The van der Waals surface area contributed by atoms with Crippen LogP contribution in [0.5, 0.6) is 0 Å². The van der Waals surface area contributed by atoms with Gasteiger partial charge in [-0.15, -0.1) is 0 Å². The summed E-state index contributed by atoms with van der Waals surface area (Å²) >= 11 is 5.95. The van der Waals surface area contributed by atoms with Gasteiger partial charge in [-0.05, 0) is 32.0 Å². The summed E-state index contributed by atoms with van der Waals surface area (Å²) in [5, 5.41) is 8.70. The molecule has 0 bridgehead atoms. The van der Waals surface area contributed by atoms with Crippen molar-refractivity contribution in [2.45, 2.75) is 31.2 Å². The van der Waals surface area contributed by atoms with Crippen LogP contribution < -0.4 is 5.73 Å². The first-order valence-electron chi connectivity index (χ1n) is 5.74. The number of nitriles is 1. The highest BCUT2D eigenvalue weighted by atomic mass is 35.5. The third-order valence-corrected chi connectivity index (χ3v) is 5.12. The van der Waals surface area contributed by atoms with Crippen molar-refractivity contribution >= 4 is 27.3 Å². The Kier molecular flexibility index (Phi) is 5.18. The molecule has 0 spiro atoms. The minimum atomic E-state index is -3.73. The van der Waals surface area contributed by atoms with Crippen molar-refractivity contribution in [3.05, 3.63) is 23.2 Å². The molecule has 19 heavy (non-hydrogen) atoms. The summed E-state index contributed by atoms with van der Waals surface area (Å²) in [7, 11) is -3.73. The standard InChI is InChI=1S/C12H16ClN3O2S/c1-9(2)16(7-3-6-14)19(17,18)12-5-4-10(15)8-11(12)13/h4-5,8-9H,3,7,15H2,1-2H3. The number of hydrogen-bond acceptors (Lipinski definition) is 4. The van der Waals surface area contributed by atoms with Crippen molar-refractivity contribution in [1.82, 2.24) is 4.31 Å². The van der Waals surface area contributed by atoms with E-state index in [0.29, 0.717) is 5.69 Å². The average Bonchev–Trinajstić information content (AvgIpc) is 2.27. The summed E-state index contributed by atoms with van der Waals surface area (Å²) in [6.45, 7) is 3.64. The molecule has 0 atom stereocenters. The lowest BCUT2D eigenvalue weighted by molar-refractivity contribution is 0.360. The molecule has 2 N–H and O–H groups in total. The third-order valence-electron chi connectivity index (χ3n) is 2.56. The summed E-state index contributed by atoms with van der Waals surface area (Å²) < 4.78 is 26.3. The van der Waals surface area contributed by atoms with Crippen LogP contribution in [0.3, 0.4) is 0 Å². The van der Waals surface area contributed by atoms with Gasteiger partial charge in [0.1, 0.15) is 4.90 Å². The van der Waals surface area contributed by atoms with Crippen molar-refractivity contribution in [3.63, 3.8) is 0 Å². The van der Waals surface area contributed by atoms with Gasteiger partial charge in [0.15, 0.2) is 0 Å². The number of sulfonamides is 1. The number of anilines is 1. The Hall–Kier alpha value is -1.29. The fourth-order valence-electron chi connectivity index (χ4n) is 1.67. The van der Waals surface area contributed by atoms with E-state index < -0.39 is 10.0 Å². The van der Waals surface area contributed by atoms with E-state index in [4.69, 9.17) is 22.6 Å². The fourth-order valence-corrected chi connectivity index (χ4v) is 3.83. The maximum Gasteiger partial charge on any atom is 0.244 e. The van der Waals surface area contributed by atoms with E-state index >= 15 is 0 Å². The number of nitrogens with two attached hydrogens (primary N) is 1. The van der Waals surface area contributed by atoms with Crippen LogP contribution in [0.2, 0.25) is 5.02 Å². The molecule has 0 amide bonds. The van der Waals surface area contributed by atoms with Crippen LogP contribution in [0.15, 0.2) is 23.1 Å². The lowest BCUT2D eigenvalue weighted by Gasteiger charge is -2.25. The maximum atomic E-state index is 12.5. The molecule has 7 heteroatoms. The van der Waals surface area contributed by atoms with Crippen LogP contribution in [-0.4, -0.2) is 25.3 Å². The highest BCUT2D eigenvalue weighted by Crippen LogP contribution is 2.27. The van der Waals surface area contributed by atoms with Crippen LogP contribution in [-0.2, 0) is 10.0 Å². The van der Waals surface area contributed by atoms with E-state index in [9.17, 15) is 8.42 Å². The van der Waals surface area contributed by atoms with Crippen molar-refractivity contribution in [2.24, 2.45) is 0 Å². The monoisotopic (exact) mass is 301 g/mol. The van der Waals surface area contributed by atoms with Gasteiger partial charge in [-0.1, -0.05) is 11.6 Å². The number of rotatable bonds is 5. The number of nitrogens with zero attached hydrogens (tertiary/aromatic N) is 2. The van der Waals surface area contributed by atoms with Crippen LogP contribution in [0.25, 0.3) is 0 Å². The fraction of sp³-hybridized carbons (Fsp3) is 0.417. The first-order valence-corrected chi connectivity index (χ1v) is 7.56. The lowest BCUT2D eigenvalue weighted by atomic mass is 10.3. The van der Waals surface area contributed by atoms with E-state index in [1.165, 1.54) is 22.5 Å². The number of hydrogen-bond donors (Lipinski definition) is 1. The molecular formula is C12H16ClN3O2S. The zero-order valence-corrected chi connectivity index (χ0v) is 12.4. The molecule has 1 aromatic carbocycles. The van der Waals surface area contributed by atoms with E-state index in [1.807, 2.05) is 6.07 Å². The van der Waals surface area contributed by atoms with Gasteiger partial charge in [-0.25, -0.2) is 8.42 Å². The van der Waals surface area contributed by atoms with E-state index in [1.54, 1.807) is 13.8 Å². The van der Waals surface area contributed by atoms with Gasteiger partial charge in [0.05, 0.1) is 11.1 Å². The Labute approximate surface area is 118 Å². The molecular weight excluding hydrogens is 286 g/mol. The molecule has 0 fully saturated rings. The Morgan fingerprint density at radius 2 is 2.11 bits per heavy atom. The number of benzene rings is 1. The van der Waals surface area contributed by atoms with E-state index in [2.05, 4.69) is 0 Å². The molecule has 0 aliphatic carbocycles. The van der Waals surface area contributed by atoms with Crippen molar-refractivity contribution < 1.29 is 8.42 Å². The molecule has 0 aromatic heterocycles. The summed E-state index contributed by atoms with van der Waals surface area (Å²) in [6.07, 6.45) is 0.129. The normalized spacial score (nSPS) is 11.8. The topological polar surface area (TPSA) is 87.2 Å². The highest BCUT2D eigenvalue weighted by Gasteiger charge is 2.28. The molecule has 1 aromatic rings. The minimum Gasteiger partial charge on any atom is -0.399 e. The first-order chi connectivity index (χ1) is 8.80. The second kappa shape index (κ2) is 6.24. The van der Waals surface area contributed by atoms with Gasteiger partial charge in [-0.3, -0.25) is 0 Å². The second-order valence-corrected chi connectivity index (χ2v) is 6.57. The van der Waals surface area contributed by atoms with Crippen LogP contribution in [0.4, 0.5) is 5.69 Å². The Balaban J connectivity index is 3.23. The van der Waals surface area contributed by atoms with Gasteiger partial charge in [-0.2, -0.15) is 9.57 Å². The second-order valence-electron chi connectivity index (χ2n) is 4.31. The Bertz CT molecular complexity index is 593. The first kappa shape index (κ1) is 15.8. The van der Waals surface area contributed by atoms with Gasteiger partial charge in [0.25, 0.3) is 0 Å². The predicted octanol–water partition coefficient (Wildman–Crippen LogP) is 2.23. The van der Waals surface area contributed by atoms with Gasteiger partial charge in [0, 0.05) is 24.7 Å². The molecule has 0 saturated heterocycles. The molecule has 0 aliphatic rings. The SMILES string of the molecule is CC(C)N(CCC#N)S(=O)(=O)c1ccc(N)cc1Cl. The largest absolute Gasteiger partial charge is 0.399 e. The van der Waals surface area contributed by atoms with Crippen LogP contribution in [0.1, 0.15) is 20.3 Å². The summed E-state index contributed by atoms with van der Waals surface area (Å²) in [5.74, 6) is 0. The van der Waals surface area contributed by atoms with Gasteiger partial charge < -0.3 is 5.73 Å². The average molecular weight is 302 g/mol. The summed E-state index contributed by atoms with van der Waals surface area (Å²) in [6, 6.07) is 5.96. The maximum absolute atomic E-state index is 12.5. The van der Waals surface area contributed by atoms with Crippen molar-refractivity contribution in [3.8, 4) is 6.07 Å². The van der Waals surface area contributed by atoms with Crippen LogP contribution >= 0.6 is 11.6 Å². The van der Waals surface area contributed by atoms with Crippen molar-refractivity contribution in [2.75, 3.05) is 12.3 Å². The molecule has 0 unspecified atom stereocenters. The molecule has 0 aliphatic heterocycles. The molecule has 104 valence electrons. The van der Waals surface area contributed by atoms with E-state index in [0.717, 1.165) is 0 Å². The number of halogens is 1. The lowest BCUT2D eigenvalue weighted by Crippen LogP contribution is -2.37. The Morgan fingerprint density at radius 3 is 2.58 bits per heavy atom. The number of nitrogen functional groups attached to an aromatic ring is 1. The van der Waals surface area contributed by atoms with Crippen LogP contribution in [0, 0.1) is 11.3 Å². The zero-order valence-electron chi connectivity index (χ0n) is 10.8. The smallest absolute Gasteiger partial charge is 0.244 e. The highest BCUT2D eigenvalue weighted by molar-refractivity contribution is 7.89. The molecule has 5 nitrogen and oxygen atoms in total. The molecule has 0 radical (unpaired) electrons. The predicted molar refractivity (Wildman–Crippen MR) is 75.1 cm³/mol. The zero-order chi connectivity index (χ0) is 14.6. The third kappa shape index (κ3) is 3.60. The Morgan fingerprint density at radius 1 is 1.47 bits per heavy atom. The van der Waals surface area contributed by atoms with E-state index in [-0.39, 0.29) is 28.9 Å². The quantitative estimate of drug-likeness (QED) is 0.845. The molecule has 1 rings (SSSR count). The van der Waals surface area contributed by atoms with Crippen molar-refractivity contribution in [1.29, 1.82) is 5.26 Å². The summed E-state index contributed by atoms with van der Waals surface area (Å²) in [4.78, 5) is 0.00927.